The van der Waals surface area contributed by atoms with Crippen molar-refractivity contribution in [2.75, 3.05) is 13.1 Å². The molecule has 2 aromatic heterocycles. The fourth-order valence-electron chi connectivity index (χ4n) is 2.95. The van der Waals surface area contributed by atoms with Crippen LogP contribution in [0.25, 0.3) is 10.6 Å². The maximum absolute atomic E-state index is 13.0. The van der Waals surface area contributed by atoms with E-state index < -0.39 is 10.0 Å². The first-order valence-corrected chi connectivity index (χ1v) is 10.7. The van der Waals surface area contributed by atoms with Gasteiger partial charge in [-0.3, -0.25) is 9.78 Å². The Morgan fingerprint density at radius 3 is 2.85 bits per heavy atom. The zero-order valence-electron chi connectivity index (χ0n) is 14.3. The summed E-state index contributed by atoms with van der Waals surface area (Å²) in [5, 5.41) is 2.86. The van der Waals surface area contributed by atoms with Crippen LogP contribution in [0.1, 0.15) is 19.3 Å². The van der Waals surface area contributed by atoms with Crippen LogP contribution in [0.3, 0.4) is 0 Å². The van der Waals surface area contributed by atoms with Gasteiger partial charge in [0.1, 0.15) is 4.21 Å². The van der Waals surface area contributed by atoms with Crippen molar-refractivity contribution in [1.82, 2.24) is 14.6 Å². The van der Waals surface area contributed by atoms with E-state index in [1.54, 1.807) is 18.3 Å². The van der Waals surface area contributed by atoms with Crippen LogP contribution in [-0.2, 0) is 14.8 Å². The molecule has 1 fully saturated rings. The Balaban J connectivity index is 1.73. The van der Waals surface area contributed by atoms with Crippen molar-refractivity contribution in [3.63, 3.8) is 0 Å². The number of carbonyl (C=O) groups excluding carboxylic acids is 1. The summed E-state index contributed by atoms with van der Waals surface area (Å²) in [7, 11) is -3.54. The maximum atomic E-state index is 13.0. The minimum atomic E-state index is -3.54. The minimum Gasteiger partial charge on any atom is -0.350 e. The quantitative estimate of drug-likeness (QED) is 0.795. The van der Waals surface area contributed by atoms with Crippen LogP contribution in [-0.4, -0.2) is 42.7 Å². The Morgan fingerprint density at radius 1 is 1.27 bits per heavy atom. The summed E-state index contributed by atoms with van der Waals surface area (Å²) in [6.07, 6.45) is 4.99. The van der Waals surface area contributed by atoms with E-state index in [9.17, 15) is 13.2 Å². The molecule has 3 heterocycles. The molecule has 6 nitrogen and oxygen atoms in total. The third-order valence-electron chi connectivity index (χ3n) is 4.31. The van der Waals surface area contributed by atoms with Gasteiger partial charge in [0, 0.05) is 25.3 Å². The highest BCUT2D eigenvalue weighted by Gasteiger charge is 2.29. The highest BCUT2D eigenvalue weighted by molar-refractivity contribution is 7.91. The lowest BCUT2D eigenvalue weighted by atomic mass is 10.1. The van der Waals surface area contributed by atoms with Crippen molar-refractivity contribution < 1.29 is 13.2 Å². The lowest BCUT2D eigenvalue weighted by Crippen LogP contribution is -2.35. The molecule has 8 heteroatoms. The van der Waals surface area contributed by atoms with Crippen LogP contribution in [0.5, 0.6) is 0 Å². The van der Waals surface area contributed by atoms with Crippen LogP contribution in [0.2, 0.25) is 0 Å². The Labute approximate surface area is 157 Å². The SMILES string of the molecule is C=CC(=O)NC1CCCN(S(=O)(=O)c2ccc(-c3ccccn3)s2)CC1. The van der Waals surface area contributed by atoms with Gasteiger partial charge in [0.25, 0.3) is 10.0 Å². The molecule has 3 rings (SSSR count). The van der Waals surface area contributed by atoms with Crippen molar-refractivity contribution in [3.8, 4) is 10.6 Å². The molecule has 1 aliphatic rings. The first kappa shape index (κ1) is 18.8. The Bertz CT molecular complexity index is 878. The molecule has 138 valence electrons. The molecule has 1 N–H and O–H groups in total. The smallest absolute Gasteiger partial charge is 0.252 e. The molecule has 1 amide bonds. The lowest BCUT2D eigenvalue weighted by molar-refractivity contribution is -0.117. The number of rotatable bonds is 5. The molecule has 0 bridgehead atoms. The number of carbonyl (C=O) groups is 1. The number of aromatic nitrogens is 1. The third-order valence-corrected chi connectivity index (χ3v) is 7.79. The van der Waals surface area contributed by atoms with Gasteiger partial charge in [0.2, 0.25) is 5.91 Å². The maximum Gasteiger partial charge on any atom is 0.252 e. The predicted molar refractivity (Wildman–Crippen MR) is 102 cm³/mol. The van der Waals surface area contributed by atoms with Gasteiger partial charge < -0.3 is 5.32 Å². The number of hydrogen-bond acceptors (Lipinski definition) is 5. The van der Waals surface area contributed by atoms with Gasteiger partial charge in [-0.1, -0.05) is 12.6 Å². The number of amides is 1. The van der Waals surface area contributed by atoms with Crippen molar-refractivity contribution in [3.05, 3.63) is 49.2 Å². The zero-order valence-corrected chi connectivity index (χ0v) is 15.9. The van der Waals surface area contributed by atoms with Gasteiger partial charge in [-0.15, -0.1) is 11.3 Å². The van der Waals surface area contributed by atoms with Crippen LogP contribution in [0.4, 0.5) is 0 Å². The normalized spacial score (nSPS) is 18.8. The van der Waals surface area contributed by atoms with E-state index in [1.165, 1.54) is 21.7 Å². The van der Waals surface area contributed by atoms with Gasteiger partial charge in [0.05, 0.1) is 10.6 Å². The number of sulfonamides is 1. The first-order valence-electron chi connectivity index (χ1n) is 8.45. The molecule has 1 atom stereocenters. The summed E-state index contributed by atoms with van der Waals surface area (Å²) in [4.78, 5) is 16.6. The van der Waals surface area contributed by atoms with E-state index in [0.717, 1.165) is 17.0 Å². The average Bonchev–Trinajstić information content (AvgIpc) is 3.04. The molecule has 0 aromatic carbocycles. The van der Waals surface area contributed by atoms with Crippen molar-refractivity contribution in [2.45, 2.75) is 29.5 Å². The second-order valence-corrected chi connectivity index (χ2v) is 9.33. The zero-order chi connectivity index (χ0) is 18.6. The Morgan fingerprint density at radius 2 is 2.12 bits per heavy atom. The van der Waals surface area contributed by atoms with Crippen molar-refractivity contribution in [2.24, 2.45) is 0 Å². The second kappa shape index (κ2) is 8.11. The van der Waals surface area contributed by atoms with Gasteiger partial charge in [-0.2, -0.15) is 4.31 Å². The summed E-state index contributed by atoms with van der Waals surface area (Å²) in [5.74, 6) is -0.218. The van der Waals surface area contributed by atoms with E-state index in [1.807, 2.05) is 18.2 Å². The van der Waals surface area contributed by atoms with Crippen LogP contribution in [0.15, 0.2) is 53.4 Å². The fraction of sp³-hybridized carbons (Fsp3) is 0.333. The van der Waals surface area contributed by atoms with E-state index in [2.05, 4.69) is 16.9 Å². The highest BCUT2D eigenvalue weighted by atomic mass is 32.2. The average molecular weight is 392 g/mol. The number of pyridine rings is 1. The van der Waals surface area contributed by atoms with Gasteiger partial charge in [-0.25, -0.2) is 8.42 Å². The molecular weight excluding hydrogens is 370 g/mol. The van der Waals surface area contributed by atoms with Gasteiger partial charge >= 0.3 is 0 Å². The Hall–Kier alpha value is -2.03. The lowest BCUT2D eigenvalue weighted by Gasteiger charge is -2.19. The minimum absolute atomic E-state index is 0.0203. The summed E-state index contributed by atoms with van der Waals surface area (Å²) in [5.41, 5.74) is 0.766. The largest absolute Gasteiger partial charge is 0.350 e. The molecule has 26 heavy (non-hydrogen) atoms. The number of hydrogen-bond donors (Lipinski definition) is 1. The molecule has 1 unspecified atom stereocenters. The van der Waals surface area contributed by atoms with E-state index >= 15 is 0 Å². The predicted octanol–water partition coefficient (Wildman–Crippen LogP) is 2.66. The van der Waals surface area contributed by atoms with E-state index in [0.29, 0.717) is 30.1 Å². The third kappa shape index (κ3) is 4.20. The monoisotopic (exact) mass is 391 g/mol. The first-order chi connectivity index (χ1) is 12.5. The molecule has 0 radical (unpaired) electrons. The molecule has 0 aliphatic carbocycles. The summed E-state index contributed by atoms with van der Waals surface area (Å²) in [6.45, 7) is 4.30. The van der Waals surface area contributed by atoms with Gasteiger partial charge in [-0.05, 0) is 49.6 Å². The molecule has 2 aromatic rings. The van der Waals surface area contributed by atoms with E-state index in [4.69, 9.17) is 0 Å². The summed E-state index contributed by atoms with van der Waals surface area (Å²) < 4.78 is 27.8. The van der Waals surface area contributed by atoms with Crippen LogP contribution < -0.4 is 5.32 Å². The van der Waals surface area contributed by atoms with Crippen LogP contribution in [0, 0.1) is 0 Å². The van der Waals surface area contributed by atoms with Crippen molar-refractivity contribution >= 4 is 27.3 Å². The molecule has 0 saturated carbocycles. The van der Waals surface area contributed by atoms with Crippen LogP contribution >= 0.6 is 11.3 Å². The number of thiophene rings is 1. The molecule has 0 spiro atoms. The molecular formula is C18H21N3O3S2. The second-order valence-electron chi connectivity index (χ2n) is 6.08. The van der Waals surface area contributed by atoms with Gasteiger partial charge in [0.15, 0.2) is 0 Å². The molecule has 1 saturated heterocycles. The topological polar surface area (TPSA) is 79.4 Å². The highest BCUT2D eigenvalue weighted by Crippen LogP contribution is 2.32. The summed E-state index contributed by atoms with van der Waals surface area (Å²) >= 11 is 1.23. The number of nitrogens with one attached hydrogen (secondary N) is 1. The van der Waals surface area contributed by atoms with Crippen molar-refractivity contribution in [1.29, 1.82) is 0 Å². The van der Waals surface area contributed by atoms with E-state index in [-0.39, 0.29) is 11.9 Å². The Kier molecular flexibility index (Phi) is 5.85. The molecule has 1 aliphatic heterocycles. The number of nitrogens with zero attached hydrogens (tertiary/aromatic N) is 2. The fourth-order valence-corrected chi connectivity index (χ4v) is 5.88. The summed E-state index contributed by atoms with van der Waals surface area (Å²) in [6, 6.07) is 8.99. The standard InChI is InChI=1S/C18H21N3O3S2/c1-2-17(22)20-14-6-5-12-21(13-10-14)26(23,24)18-9-8-16(25-18)15-7-3-4-11-19-15/h2-4,7-9,11,14H,1,5-6,10,12-13H2,(H,20,22).